The summed E-state index contributed by atoms with van der Waals surface area (Å²) in [5.41, 5.74) is 5.73. The lowest BCUT2D eigenvalue weighted by molar-refractivity contribution is -0.274. The van der Waals surface area contributed by atoms with Crippen LogP contribution in [0.3, 0.4) is 0 Å². The summed E-state index contributed by atoms with van der Waals surface area (Å²) < 4.78 is 43.6. The molecule has 1 atom stereocenters. The summed E-state index contributed by atoms with van der Waals surface area (Å²) in [7, 11) is 0. The lowest BCUT2D eigenvalue weighted by Crippen LogP contribution is -2.29. The number of rotatable bonds is 7. The third-order valence-corrected chi connectivity index (χ3v) is 5.64. The van der Waals surface area contributed by atoms with Crippen molar-refractivity contribution < 1.29 is 22.7 Å². The summed E-state index contributed by atoms with van der Waals surface area (Å²) in [4.78, 5) is 25.7. The minimum atomic E-state index is -4.87. The Hall–Kier alpha value is -3.35. The number of aromatic nitrogens is 5. The smallest absolute Gasteiger partial charge is 0.406 e. The number of carbonyl (C=O) groups is 1. The van der Waals surface area contributed by atoms with E-state index in [4.69, 9.17) is 5.73 Å². The van der Waals surface area contributed by atoms with Gasteiger partial charge in [0.05, 0.1) is 6.04 Å². The van der Waals surface area contributed by atoms with Gasteiger partial charge in [-0.1, -0.05) is 0 Å². The highest BCUT2D eigenvalue weighted by Crippen LogP contribution is 2.41. The zero-order valence-corrected chi connectivity index (χ0v) is 17.5. The molecule has 0 unspecified atom stereocenters. The minimum Gasteiger partial charge on any atom is -0.406 e. The van der Waals surface area contributed by atoms with E-state index < -0.39 is 24.1 Å². The van der Waals surface area contributed by atoms with Gasteiger partial charge in [-0.25, -0.2) is 9.97 Å². The molecule has 32 heavy (non-hydrogen) atoms. The Morgan fingerprint density at radius 1 is 1.28 bits per heavy atom. The molecule has 1 aliphatic carbocycles. The van der Waals surface area contributed by atoms with Gasteiger partial charge >= 0.3 is 6.36 Å². The average molecular weight is 465 g/mol. The standard InChI is InChI=1S/C19H18F3N7O2S/c1-10(15-27-17(23)28-29(15)18-24-5-2-6-25-18)26-16(30)11-7-12(31-19(20,21)22)9-14(8-11)32-13-3-4-13/h2,5-10,13H,3-4H2,1H3,(H2,23,28)(H,26,30)/t10-/m0/s1. The fourth-order valence-electron chi connectivity index (χ4n) is 2.86. The van der Waals surface area contributed by atoms with Crippen LogP contribution in [-0.2, 0) is 0 Å². The third-order valence-electron chi connectivity index (χ3n) is 4.33. The number of nitrogens with zero attached hydrogens (tertiary/aromatic N) is 5. The zero-order chi connectivity index (χ0) is 22.9. The van der Waals surface area contributed by atoms with E-state index in [1.165, 1.54) is 41.0 Å². The lowest BCUT2D eigenvalue weighted by Gasteiger charge is -2.16. The molecule has 4 rings (SSSR count). The largest absolute Gasteiger partial charge is 0.573 e. The molecule has 1 fully saturated rings. The number of carbonyl (C=O) groups excluding carboxylic acids is 1. The van der Waals surface area contributed by atoms with Gasteiger partial charge in [0.2, 0.25) is 5.95 Å². The molecule has 13 heteroatoms. The van der Waals surface area contributed by atoms with Gasteiger partial charge in [-0.15, -0.1) is 30.0 Å². The van der Waals surface area contributed by atoms with Crippen molar-refractivity contribution in [2.45, 2.75) is 42.3 Å². The van der Waals surface area contributed by atoms with Crippen molar-refractivity contribution in [3.8, 4) is 11.7 Å². The van der Waals surface area contributed by atoms with E-state index in [1.807, 2.05) is 0 Å². The normalized spacial score (nSPS) is 14.8. The Kier molecular flexibility index (Phi) is 5.91. The first-order chi connectivity index (χ1) is 15.2. The molecule has 168 valence electrons. The first-order valence-electron chi connectivity index (χ1n) is 9.56. The molecular weight excluding hydrogens is 447 g/mol. The molecule has 2 aromatic heterocycles. The highest BCUT2D eigenvalue weighted by Gasteiger charge is 2.32. The van der Waals surface area contributed by atoms with Crippen LogP contribution in [0.1, 0.15) is 42.0 Å². The molecule has 0 spiro atoms. The van der Waals surface area contributed by atoms with Gasteiger partial charge in [0, 0.05) is 28.1 Å². The van der Waals surface area contributed by atoms with Gasteiger partial charge in [-0.3, -0.25) is 4.79 Å². The predicted molar refractivity (Wildman–Crippen MR) is 109 cm³/mol. The Morgan fingerprint density at radius 2 is 2.00 bits per heavy atom. The Labute approximate surface area is 184 Å². The number of anilines is 1. The summed E-state index contributed by atoms with van der Waals surface area (Å²) >= 11 is 1.41. The van der Waals surface area contributed by atoms with Crippen LogP contribution in [-0.4, -0.2) is 42.3 Å². The highest BCUT2D eigenvalue weighted by atomic mass is 32.2. The van der Waals surface area contributed by atoms with E-state index in [0.717, 1.165) is 18.9 Å². The lowest BCUT2D eigenvalue weighted by atomic mass is 10.2. The van der Waals surface area contributed by atoms with Crippen LogP contribution in [0.25, 0.3) is 5.95 Å². The monoisotopic (exact) mass is 465 g/mol. The molecule has 0 saturated heterocycles. The van der Waals surface area contributed by atoms with Gasteiger partial charge in [0.1, 0.15) is 5.75 Å². The van der Waals surface area contributed by atoms with E-state index in [0.29, 0.717) is 10.1 Å². The minimum absolute atomic E-state index is 0.0248. The van der Waals surface area contributed by atoms with Crippen LogP contribution >= 0.6 is 11.8 Å². The van der Waals surface area contributed by atoms with Crippen LogP contribution < -0.4 is 15.8 Å². The van der Waals surface area contributed by atoms with Crippen molar-refractivity contribution in [2.24, 2.45) is 0 Å². The van der Waals surface area contributed by atoms with E-state index in [2.05, 4.69) is 30.1 Å². The average Bonchev–Trinajstić information content (AvgIpc) is 3.44. The summed E-state index contributed by atoms with van der Waals surface area (Å²) in [6.07, 6.45) is 0.114. The van der Waals surface area contributed by atoms with Crippen molar-refractivity contribution in [3.05, 3.63) is 48.0 Å². The molecule has 0 radical (unpaired) electrons. The molecular formula is C19H18F3N7O2S. The summed E-state index contributed by atoms with van der Waals surface area (Å²) in [5, 5.41) is 7.08. The SMILES string of the molecule is C[C@H](NC(=O)c1cc(OC(F)(F)F)cc(SC2CC2)c1)c1nc(N)nn1-c1ncccn1. The van der Waals surface area contributed by atoms with E-state index in [9.17, 15) is 18.0 Å². The maximum Gasteiger partial charge on any atom is 0.573 e. The number of hydrogen-bond donors (Lipinski definition) is 2. The number of halogens is 3. The van der Waals surface area contributed by atoms with Crippen LogP contribution in [0.15, 0.2) is 41.6 Å². The summed E-state index contributed by atoms with van der Waals surface area (Å²) in [5.74, 6) is -0.637. The second-order valence-electron chi connectivity index (χ2n) is 7.04. The van der Waals surface area contributed by atoms with Gasteiger partial charge in [0.15, 0.2) is 5.82 Å². The molecule has 1 aromatic carbocycles. The van der Waals surface area contributed by atoms with E-state index >= 15 is 0 Å². The number of ether oxygens (including phenoxy) is 1. The number of benzene rings is 1. The van der Waals surface area contributed by atoms with Gasteiger partial charge in [-0.2, -0.15) is 9.67 Å². The summed E-state index contributed by atoms with van der Waals surface area (Å²) in [6, 6.07) is 4.78. The van der Waals surface area contributed by atoms with Crippen LogP contribution in [0.5, 0.6) is 5.75 Å². The van der Waals surface area contributed by atoms with E-state index in [1.54, 1.807) is 13.0 Å². The Balaban J connectivity index is 1.58. The quantitative estimate of drug-likeness (QED) is 0.545. The predicted octanol–water partition coefficient (Wildman–Crippen LogP) is 3.28. The molecule has 3 N–H and O–H groups in total. The van der Waals surface area contributed by atoms with Crippen LogP contribution in [0.4, 0.5) is 19.1 Å². The van der Waals surface area contributed by atoms with Crippen molar-refractivity contribution in [2.75, 3.05) is 5.73 Å². The molecule has 0 aliphatic heterocycles. The van der Waals surface area contributed by atoms with Crippen molar-refractivity contribution in [1.29, 1.82) is 0 Å². The summed E-state index contributed by atoms with van der Waals surface area (Å²) in [6.45, 7) is 1.64. The van der Waals surface area contributed by atoms with E-state index in [-0.39, 0.29) is 23.3 Å². The van der Waals surface area contributed by atoms with Crippen LogP contribution in [0.2, 0.25) is 0 Å². The fourth-order valence-corrected chi connectivity index (χ4v) is 3.99. The number of nitrogen functional groups attached to an aromatic ring is 1. The van der Waals surface area contributed by atoms with Crippen molar-refractivity contribution >= 4 is 23.6 Å². The third kappa shape index (κ3) is 5.46. The molecule has 9 nitrogen and oxygen atoms in total. The number of thioether (sulfide) groups is 1. The van der Waals surface area contributed by atoms with Gasteiger partial charge in [-0.05, 0) is 44.0 Å². The molecule has 3 aromatic rings. The number of amides is 1. The first kappa shape index (κ1) is 21.9. The zero-order valence-electron chi connectivity index (χ0n) is 16.7. The number of alkyl halides is 3. The van der Waals surface area contributed by atoms with Gasteiger partial charge < -0.3 is 15.8 Å². The number of nitrogens with two attached hydrogens (primary N) is 1. The maximum absolute atomic E-state index is 12.9. The van der Waals surface area contributed by atoms with Crippen molar-refractivity contribution in [3.63, 3.8) is 0 Å². The van der Waals surface area contributed by atoms with Crippen molar-refractivity contribution in [1.82, 2.24) is 30.0 Å². The molecule has 1 saturated carbocycles. The Morgan fingerprint density at radius 3 is 2.66 bits per heavy atom. The second kappa shape index (κ2) is 8.65. The van der Waals surface area contributed by atoms with Crippen LogP contribution in [0, 0.1) is 0 Å². The number of hydrogen-bond acceptors (Lipinski definition) is 8. The second-order valence-corrected chi connectivity index (χ2v) is 8.42. The molecule has 1 amide bonds. The highest BCUT2D eigenvalue weighted by molar-refractivity contribution is 8.00. The molecule has 1 aliphatic rings. The Bertz CT molecular complexity index is 1120. The first-order valence-corrected chi connectivity index (χ1v) is 10.4. The maximum atomic E-state index is 12.9. The molecule has 2 heterocycles. The molecule has 0 bridgehead atoms. The fraction of sp³-hybridized carbons (Fsp3) is 0.316. The number of nitrogens with one attached hydrogen (secondary N) is 1. The van der Waals surface area contributed by atoms with Gasteiger partial charge in [0.25, 0.3) is 11.9 Å². The topological polar surface area (TPSA) is 121 Å².